The highest BCUT2D eigenvalue weighted by Crippen LogP contribution is 2.32. The van der Waals surface area contributed by atoms with Crippen molar-refractivity contribution in [2.45, 2.75) is 13.1 Å². The van der Waals surface area contributed by atoms with E-state index in [4.69, 9.17) is 4.74 Å². The summed E-state index contributed by atoms with van der Waals surface area (Å²) in [6, 6.07) is 4.33. The van der Waals surface area contributed by atoms with Gasteiger partial charge < -0.3 is 24.9 Å². The summed E-state index contributed by atoms with van der Waals surface area (Å²) >= 11 is 0. The number of amides is 2. The first-order chi connectivity index (χ1) is 15.2. The fourth-order valence-electron chi connectivity index (χ4n) is 2.45. The number of aromatic nitrogens is 3. The van der Waals surface area contributed by atoms with Gasteiger partial charge in [0.25, 0.3) is 0 Å². The van der Waals surface area contributed by atoms with Gasteiger partial charge in [0, 0.05) is 18.4 Å². The highest BCUT2D eigenvalue weighted by molar-refractivity contribution is 6.05. The number of imidazole rings is 1. The van der Waals surface area contributed by atoms with E-state index in [-0.39, 0.29) is 41.9 Å². The quantitative estimate of drug-likeness (QED) is 0.394. The van der Waals surface area contributed by atoms with Crippen molar-refractivity contribution in [1.82, 2.24) is 20.4 Å². The Labute approximate surface area is 179 Å². The van der Waals surface area contributed by atoms with Crippen LogP contribution in [0.2, 0.25) is 0 Å². The van der Waals surface area contributed by atoms with Crippen LogP contribution in [0.25, 0.3) is 11.4 Å². The van der Waals surface area contributed by atoms with E-state index in [1.54, 1.807) is 0 Å². The maximum absolute atomic E-state index is 12.9. The molecule has 2 aromatic heterocycles. The second kappa shape index (κ2) is 9.69. The van der Waals surface area contributed by atoms with Gasteiger partial charge in [-0.1, -0.05) is 11.1 Å². The summed E-state index contributed by atoms with van der Waals surface area (Å²) in [5, 5.41) is 8.55. The number of benzene rings is 1. The van der Waals surface area contributed by atoms with Crippen LogP contribution in [-0.2, 0) is 15.8 Å². The highest BCUT2D eigenvalue weighted by atomic mass is 19.4. The summed E-state index contributed by atoms with van der Waals surface area (Å²) in [4.78, 5) is 29.2. The normalized spacial score (nSPS) is 10.8. The van der Waals surface area contributed by atoms with E-state index in [0.29, 0.717) is 11.8 Å². The molecule has 0 aliphatic carbocycles. The van der Waals surface area contributed by atoms with E-state index in [9.17, 15) is 22.8 Å². The largest absolute Gasteiger partial charge is 0.490 e. The van der Waals surface area contributed by atoms with E-state index in [1.165, 1.54) is 37.6 Å². The van der Waals surface area contributed by atoms with Crippen molar-refractivity contribution < 1.29 is 32.0 Å². The lowest BCUT2D eigenvalue weighted by atomic mass is 10.1. The van der Waals surface area contributed by atoms with Crippen LogP contribution in [0.1, 0.15) is 18.2 Å². The van der Waals surface area contributed by atoms with Gasteiger partial charge in [0.05, 0.1) is 30.2 Å². The molecule has 3 N–H and O–H groups in total. The maximum Gasteiger partial charge on any atom is 0.432 e. The fourth-order valence-corrected chi connectivity index (χ4v) is 2.45. The molecule has 9 nitrogen and oxygen atoms in total. The zero-order valence-corrected chi connectivity index (χ0v) is 16.5. The number of carbonyl (C=O) groups excluding carboxylic acids is 2. The number of hydrogen-bond donors (Lipinski definition) is 3. The lowest BCUT2D eigenvalue weighted by molar-refractivity contribution is -0.140. The third-order valence-electron chi connectivity index (χ3n) is 3.87. The highest BCUT2D eigenvalue weighted by Gasteiger charge is 2.33. The number of ether oxygens (including phenoxy) is 1. The number of aromatic amines is 1. The van der Waals surface area contributed by atoms with Crippen molar-refractivity contribution in [2.24, 2.45) is 0 Å². The molecule has 2 amide bonds. The predicted octanol–water partition coefficient (Wildman–Crippen LogP) is 2.59. The van der Waals surface area contributed by atoms with Gasteiger partial charge in [0.1, 0.15) is 30.1 Å². The Bertz CT molecular complexity index is 1160. The second-order valence-corrected chi connectivity index (χ2v) is 6.30. The maximum atomic E-state index is 12.9. The third kappa shape index (κ3) is 6.11. The minimum atomic E-state index is -4.58. The Morgan fingerprint density at radius 1 is 1.28 bits per heavy atom. The first-order valence-corrected chi connectivity index (χ1v) is 9.08. The molecule has 12 heteroatoms. The van der Waals surface area contributed by atoms with Crippen LogP contribution >= 0.6 is 0 Å². The summed E-state index contributed by atoms with van der Waals surface area (Å²) < 4.78 is 48.8. The Morgan fingerprint density at radius 2 is 2.09 bits per heavy atom. The van der Waals surface area contributed by atoms with Crippen molar-refractivity contribution in [2.75, 3.05) is 18.5 Å². The number of rotatable bonds is 6. The molecule has 0 atom stereocenters. The van der Waals surface area contributed by atoms with E-state index in [2.05, 4.69) is 42.1 Å². The van der Waals surface area contributed by atoms with Crippen LogP contribution in [0.5, 0.6) is 5.75 Å². The Hall–Kier alpha value is -4.27. The number of alkyl halides is 3. The lowest BCUT2D eigenvalue weighted by Crippen LogP contribution is -2.25. The summed E-state index contributed by atoms with van der Waals surface area (Å²) in [6.45, 7) is 1.66. The summed E-state index contributed by atoms with van der Waals surface area (Å²) in [5.74, 6) is 4.12. The van der Waals surface area contributed by atoms with Gasteiger partial charge in [-0.25, -0.2) is 4.98 Å². The molecule has 0 saturated heterocycles. The van der Waals surface area contributed by atoms with Crippen LogP contribution in [0.3, 0.4) is 0 Å². The third-order valence-corrected chi connectivity index (χ3v) is 3.87. The molecule has 0 unspecified atom stereocenters. The molecular formula is C20H16F3N5O4. The topological polar surface area (TPSA) is 122 Å². The van der Waals surface area contributed by atoms with Crippen LogP contribution in [0.4, 0.5) is 18.9 Å². The van der Waals surface area contributed by atoms with E-state index in [0.717, 1.165) is 0 Å². The van der Waals surface area contributed by atoms with Crippen molar-refractivity contribution in [3.63, 3.8) is 0 Å². The Morgan fingerprint density at radius 3 is 2.75 bits per heavy atom. The molecule has 32 heavy (non-hydrogen) atoms. The molecule has 0 radical (unpaired) electrons. The molecule has 2 heterocycles. The van der Waals surface area contributed by atoms with Crippen LogP contribution in [0, 0.1) is 11.8 Å². The Kier molecular flexibility index (Phi) is 6.79. The molecule has 0 spiro atoms. The smallest absolute Gasteiger partial charge is 0.432 e. The Balaban J connectivity index is 1.83. The molecule has 0 aliphatic heterocycles. The van der Waals surface area contributed by atoms with Gasteiger partial charge in [-0.15, -0.1) is 0 Å². The van der Waals surface area contributed by atoms with Crippen molar-refractivity contribution in [3.8, 4) is 29.0 Å². The van der Waals surface area contributed by atoms with Gasteiger partial charge >= 0.3 is 12.1 Å². The molecule has 1 aromatic carbocycles. The first kappa shape index (κ1) is 22.4. The standard InChI is InChI=1S/C20H16F3N5O4/c1-12(29)24-6-7-31-16-4-3-14(19-25-10-17(28-19)20(21,22)23)8-15(16)27-18(30)5-2-13-9-26-32-11-13/h3-4,8-11H,6-7H2,1H3,(H,24,29)(H,25,28)(H,27,30). The van der Waals surface area contributed by atoms with Gasteiger partial charge in [-0.3, -0.25) is 9.59 Å². The molecule has 3 rings (SSSR count). The van der Waals surface area contributed by atoms with Crippen LogP contribution in [0.15, 0.2) is 41.4 Å². The monoisotopic (exact) mass is 447 g/mol. The minimum absolute atomic E-state index is 0.0480. The number of hydrogen-bond acceptors (Lipinski definition) is 6. The average Bonchev–Trinajstić information content (AvgIpc) is 3.42. The number of anilines is 1. The number of H-pyrrole nitrogens is 1. The number of nitrogens with one attached hydrogen (secondary N) is 3. The number of carbonyl (C=O) groups is 2. The second-order valence-electron chi connectivity index (χ2n) is 6.30. The van der Waals surface area contributed by atoms with E-state index >= 15 is 0 Å². The number of nitrogens with zero attached hydrogens (tertiary/aromatic N) is 2. The predicted molar refractivity (Wildman–Crippen MR) is 105 cm³/mol. The van der Waals surface area contributed by atoms with Gasteiger partial charge in [0.2, 0.25) is 5.91 Å². The summed E-state index contributed by atoms with van der Waals surface area (Å²) in [5.41, 5.74) is -0.193. The van der Waals surface area contributed by atoms with Crippen molar-refractivity contribution in [3.05, 3.63) is 48.1 Å². The summed E-state index contributed by atoms with van der Waals surface area (Å²) in [7, 11) is 0. The van der Waals surface area contributed by atoms with Crippen molar-refractivity contribution in [1.29, 1.82) is 0 Å². The molecule has 3 aromatic rings. The van der Waals surface area contributed by atoms with E-state index < -0.39 is 17.8 Å². The van der Waals surface area contributed by atoms with Gasteiger partial charge in [0.15, 0.2) is 0 Å². The molecular weight excluding hydrogens is 431 g/mol. The molecule has 0 fully saturated rings. The summed E-state index contributed by atoms with van der Waals surface area (Å²) in [6.07, 6.45) is -1.32. The zero-order chi connectivity index (χ0) is 23.1. The fraction of sp³-hybridized carbons (Fsp3) is 0.200. The van der Waals surface area contributed by atoms with Crippen LogP contribution < -0.4 is 15.4 Å². The lowest BCUT2D eigenvalue weighted by Gasteiger charge is -2.13. The SMILES string of the molecule is CC(=O)NCCOc1ccc(-c2ncc(C(F)(F)F)[nH]2)cc1NC(=O)C#Cc1cnoc1. The molecule has 0 aliphatic rings. The molecule has 0 bridgehead atoms. The molecule has 166 valence electrons. The van der Waals surface area contributed by atoms with Gasteiger partial charge in [-0.05, 0) is 18.2 Å². The zero-order valence-electron chi connectivity index (χ0n) is 16.5. The number of halogens is 3. The van der Waals surface area contributed by atoms with Gasteiger partial charge in [-0.2, -0.15) is 13.2 Å². The van der Waals surface area contributed by atoms with E-state index in [1.807, 2.05) is 0 Å². The average molecular weight is 447 g/mol. The first-order valence-electron chi connectivity index (χ1n) is 9.08. The minimum Gasteiger partial charge on any atom is -0.490 e. The van der Waals surface area contributed by atoms with Crippen LogP contribution in [-0.4, -0.2) is 40.1 Å². The van der Waals surface area contributed by atoms with Crippen molar-refractivity contribution >= 4 is 17.5 Å². The molecule has 0 saturated carbocycles.